The lowest BCUT2D eigenvalue weighted by Crippen LogP contribution is -2.16. The van der Waals surface area contributed by atoms with E-state index < -0.39 is 26.5 Å². The molecule has 0 aromatic heterocycles. The zero-order valence-electron chi connectivity index (χ0n) is 11.9. The van der Waals surface area contributed by atoms with Crippen molar-refractivity contribution < 1.29 is 17.7 Å². The number of hydrogen-bond acceptors (Lipinski definition) is 4. The van der Waals surface area contributed by atoms with Gasteiger partial charge in [0.05, 0.1) is 15.6 Å². The van der Waals surface area contributed by atoms with Gasteiger partial charge in [-0.05, 0) is 24.6 Å². The van der Waals surface area contributed by atoms with Gasteiger partial charge >= 0.3 is 0 Å². The van der Waals surface area contributed by atoms with E-state index in [1.165, 1.54) is 37.3 Å². The lowest BCUT2D eigenvalue weighted by Gasteiger charge is -2.11. The van der Waals surface area contributed by atoms with Gasteiger partial charge in [0.1, 0.15) is 11.6 Å². The maximum Gasteiger partial charge on any atom is 0.273 e. The van der Waals surface area contributed by atoms with Crippen molar-refractivity contribution in [3.63, 3.8) is 0 Å². The Kier molecular flexibility index (Phi) is 4.86. The van der Waals surface area contributed by atoms with Crippen LogP contribution in [0.4, 0.5) is 15.8 Å². The van der Waals surface area contributed by atoms with E-state index in [9.17, 15) is 22.9 Å². The van der Waals surface area contributed by atoms with Gasteiger partial charge in [-0.3, -0.25) is 14.8 Å². The van der Waals surface area contributed by atoms with Gasteiger partial charge in [-0.2, -0.15) is 0 Å². The standard InChI is InChI=1S/C14H12ClFN2O4S/c1-9-6-13(11(15)7-12(9)16)17-23(21,22)8-10-4-2-3-5-14(10)18(19)20/h2-7,17H,8H2,1H3. The minimum atomic E-state index is -3.96. The number of rotatable bonds is 5. The van der Waals surface area contributed by atoms with E-state index in [1.807, 2.05) is 0 Å². The third kappa shape index (κ3) is 4.17. The molecule has 0 fully saturated rings. The number of para-hydroxylation sites is 1. The third-order valence-corrected chi connectivity index (χ3v) is 4.58. The zero-order valence-corrected chi connectivity index (χ0v) is 13.5. The number of benzene rings is 2. The summed E-state index contributed by atoms with van der Waals surface area (Å²) in [5.74, 6) is -1.16. The minimum absolute atomic E-state index is 0.0177. The predicted molar refractivity (Wildman–Crippen MR) is 85.5 cm³/mol. The van der Waals surface area contributed by atoms with Gasteiger partial charge < -0.3 is 0 Å². The van der Waals surface area contributed by atoms with Gasteiger partial charge in [0.25, 0.3) is 5.69 Å². The number of aryl methyl sites for hydroxylation is 1. The average molecular weight is 359 g/mol. The highest BCUT2D eigenvalue weighted by Gasteiger charge is 2.21. The molecule has 1 N–H and O–H groups in total. The summed E-state index contributed by atoms with van der Waals surface area (Å²) in [6.07, 6.45) is 0. The van der Waals surface area contributed by atoms with Crippen molar-refractivity contribution in [3.8, 4) is 0 Å². The second kappa shape index (κ2) is 6.51. The van der Waals surface area contributed by atoms with Gasteiger partial charge in [0.15, 0.2) is 0 Å². The Balaban J connectivity index is 2.31. The SMILES string of the molecule is Cc1cc(NS(=O)(=O)Cc2ccccc2[N+](=O)[O-])c(Cl)cc1F. The lowest BCUT2D eigenvalue weighted by atomic mass is 10.2. The third-order valence-electron chi connectivity index (χ3n) is 3.05. The predicted octanol–water partition coefficient (Wildman–Crippen LogP) is 3.64. The van der Waals surface area contributed by atoms with Crippen LogP contribution in [0.15, 0.2) is 36.4 Å². The maximum absolute atomic E-state index is 13.3. The summed E-state index contributed by atoms with van der Waals surface area (Å²) < 4.78 is 40.0. The molecular formula is C14H12ClFN2O4S. The molecular weight excluding hydrogens is 347 g/mol. The Morgan fingerprint density at radius 1 is 1.30 bits per heavy atom. The summed E-state index contributed by atoms with van der Waals surface area (Å²) >= 11 is 5.82. The fourth-order valence-electron chi connectivity index (χ4n) is 1.95. The number of hydrogen-bond donors (Lipinski definition) is 1. The van der Waals surface area contributed by atoms with Crippen LogP contribution in [0.5, 0.6) is 0 Å². The van der Waals surface area contributed by atoms with Gasteiger partial charge in [-0.15, -0.1) is 0 Å². The summed E-state index contributed by atoms with van der Waals surface area (Å²) in [7, 11) is -3.96. The fraction of sp³-hybridized carbons (Fsp3) is 0.143. The Hall–Kier alpha value is -2.19. The second-order valence-corrected chi connectivity index (χ2v) is 6.96. The second-order valence-electron chi connectivity index (χ2n) is 4.83. The monoisotopic (exact) mass is 358 g/mol. The normalized spacial score (nSPS) is 11.3. The summed E-state index contributed by atoms with van der Waals surface area (Å²) in [5.41, 5.74) is -0.0128. The molecule has 0 saturated carbocycles. The van der Waals surface area contributed by atoms with Gasteiger partial charge in [0, 0.05) is 11.6 Å². The Morgan fingerprint density at radius 3 is 2.61 bits per heavy atom. The van der Waals surface area contributed by atoms with Crippen LogP contribution >= 0.6 is 11.6 Å². The molecule has 0 unspecified atom stereocenters. The van der Waals surface area contributed by atoms with E-state index >= 15 is 0 Å². The Labute approximate surface area is 137 Å². The van der Waals surface area contributed by atoms with E-state index in [4.69, 9.17) is 11.6 Å². The number of nitro benzene ring substituents is 1. The van der Waals surface area contributed by atoms with Gasteiger partial charge in [0.2, 0.25) is 10.0 Å². The molecule has 0 saturated heterocycles. The van der Waals surface area contributed by atoms with E-state index in [-0.39, 0.29) is 27.5 Å². The molecule has 2 rings (SSSR count). The van der Waals surface area contributed by atoms with Crippen LogP contribution in [0.2, 0.25) is 5.02 Å². The first-order valence-electron chi connectivity index (χ1n) is 6.38. The number of anilines is 1. The van der Waals surface area contributed by atoms with Crippen LogP contribution in [0.25, 0.3) is 0 Å². The van der Waals surface area contributed by atoms with Crippen molar-refractivity contribution in [2.24, 2.45) is 0 Å². The van der Waals surface area contributed by atoms with E-state index in [0.717, 1.165) is 6.07 Å². The van der Waals surface area contributed by atoms with Crippen molar-refractivity contribution in [1.29, 1.82) is 0 Å². The first-order chi connectivity index (χ1) is 10.7. The minimum Gasteiger partial charge on any atom is -0.282 e. The Morgan fingerprint density at radius 2 is 1.96 bits per heavy atom. The van der Waals surface area contributed by atoms with Crippen LogP contribution in [-0.2, 0) is 15.8 Å². The molecule has 0 bridgehead atoms. The van der Waals surface area contributed by atoms with Gasteiger partial charge in [-0.25, -0.2) is 12.8 Å². The van der Waals surface area contributed by atoms with Crippen molar-refractivity contribution >= 4 is 33.0 Å². The van der Waals surface area contributed by atoms with Crippen LogP contribution in [-0.4, -0.2) is 13.3 Å². The molecule has 0 atom stereocenters. The fourth-order valence-corrected chi connectivity index (χ4v) is 3.44. The molecule has 0 radical (unpaired) electrons. The maximum atomic E-state index is 13.3. The molecule has 0 aliphatic heterocycles. The van der Waals surface area contributed by atoms with Crippen LogP contribution in [0.1, 0.15) is 11.1 Å². The number of nitrogens with one attached hydrogen (secondary N) is 1. The van der Waals surface area contributed by atoms with E-state index in [2.05, 4.69) is 4.72 Å². The summed E-state index contributed by atoms with van der Waals surface area (Å²) in [4.78, 5) is 10.3. The van der Waals surface area contributed by atoms with Crippen molar-refractivity contribution in [1.82, 2.24) is 0 Å². The first kappa shape index (κ1) is 17.2. The quantitative estimate of drug-likeness (QED) is 0.652. The Bertz CT molecular complexity index is 871. The lowest BCUT2D eigenvalue weighted by molar-refractivity contribution is -0.385. The van der Waals surface area contributed by atoms with Crippen LogP contribution in [0.3, 0.4) is 0 Å². The number of sulfonamides is 1. The molecule has 0 amide bonds. The largest absolute Gasteiger partial charge is 0.282 e. The smallest absolute Gasteiger partial charge is 0.273 e. The van der Waals surface area contributed by atoms with Crippen LogP contribution in [0, 0.1) is 22.9 Å². The van der Waals surface area contributed by atoms with Crippen molar-refractivity contribution in [2.75, 3.05) is 4.72 Å². The zero-order chi connectivity index (χ0) is 17.2. The van der Waals surface area contributed by atoms with Crippen LogP contribution < -0.4 is 4.72 Å². The van der Waals surface area contributed by atoms with Crippen molar-refractivity contribution in [2.45, 2.75) is 12.7 Å². The van der Waals surface area contributed by atoms with E-state index in [0.29, 0.717) is 0 Å². The molecule has 0 aliphatic carbocycles. The molecule has 0 aliphatic rings. The number of nitro groups is 1. The molecule has 0 spiro atoms. The summed E-state index contributed by atoms with van der Waals surface area (Å²) in [5, 5.41) is 10.8. The van der Waals surface area contributed by atoms with Crippen molar-refractivity contribution in [3.05, 3.63) is 68.5 Å². The molecule has 122 valence electrons. The topological polar surface area (TPSA) is 89.3 Å². The highest BCUT2D eigenvalue weighted by Crippen LogP contribution is 2.27. The summed E-state index contributed by atoms with van der Waals surface area (Å²) in [6, 6.07) is 7.79. The molecule has 6 nitrogen and oxygen atoms in total. The molecule has 0 heterocycles. The molecule has 9 heteroatoms. The number of nitrogens with zero attached hydrogens (tertiary/aromatic N) is 1. The molecule has 2 aromatic rings. The highest BCUT2D eigenvalue weighted by atomic mass is 35.5. The first-order valence-corrected chi connectivity index (χ1v) is 8.41. The highest BCUT2D eigenvalue weighted by molar-refractivity contribution is 7.91. The van der Waals surface area contributed by atoms with Gasteiger partial charge in [-0.1, -0.05) is 29.8 Å². The average Bonchev–Trinajstić information content (AvgIpc) is 2.44. The number of halogens is 2. The molecule has 23 heavy (non-hydrogen) atoms. The molecule has 2 aromatic carbocycles. The summed E-state index contributed by atoms with van der Waals surface area (Å²) in [6.45, 7) is 1.46. The van der Waals surface area contributed by atoms with E-state index in [1.54, 1.807) is 0 Å².